The van der Waals surface area contributed by atoms with Gasteiger partial charge >= 0.3 is 0 Å². The number of hydrogen-bond donors (Lipinski definition) is 2. The Balaban J connectivity index is 1.99. The summed E-state index contributed by atoms with van der Waals surface area (Å²) in [5.74, 6) is 0.717. The Morgan fingerprint density at radius 2 is 1.96 bits per heavy atom. The van der Waals surface area contributed by atoms with Crippen molar-refractivity contribution in [2.24, 2.45) is 5.73 Å². The van der Waals surface area contributed by atoms with Crippen molar-refractivity contribution in [1.29, 1.82) is 0 Å². The lowest BCUT2D eigenvalue weighted by Crippen LogP contribution is -2.31. The zero-order valence-electron chi connectivity index (χ0n) is 15.6. The molecule has 0 spiro atoms. The highest BCUT2D eigenvalue weighted by Gasteiger charge is 2.27. The van der Waals surface area contributed by atoms with E-state index in [9.17, 15) is 9.59 Å². The van der Waals surface area contributed by atoms with E-state index in [2.05, 4.69) is 10.3 Å². The summed E-state index contributed by atoms with van der Waals surface area (Å²) >= 11 is 0. The summed E-state index contributed by atoms with van der Waals surface area (Å²) in [6.45, 7) is 1.46. The quantitative estimate of drug-likeness (QED) is 0.776. The first-order valence-corrected chi connectivity index (χ1v) is 9.47. The second-order valence-electron chi connectivity index (χ2n) is 7.02. The Bertz CT molecular complexity index is 783. The standard InChI is InChI=1S/C19H26N6O2/c1-13(26)22-16(7-8-17(20)27)19-23-18(14-9-11-21-12-10-14)24-25(19)15-5-3-2-4-6-15/h9-12,15-16H,2-8H2,1H3,(H2,20,27)(H,22,26)/t16-/m0/s1. The average molecular weight is 370 g/mol. The fourth-order valence-electron chi connectivity index (χ4n) is 3.59. The number of nitrogens with one attached hydrogen (secondary N) is 1. The molecule has 2 aromatic rings. The van der Waals surface area contributed by atoms with Crippen molar-refractivity contribution >= 4 is 11.8 Å². The lowest BCUT2D eigenvalue weighted by atomic mass is 9.95. The van der Waals surface area contributed by atoms with E-state index in [1.54, 1.807) is 12.4 Å². The van der Waals surface area contributed by atoms with Gasteiger partial charge in [-0.1, -0.05) is 19.3 Å². The van der Waals surface area contributed by atoms with Crippen LogP contribution in [-0.2, 0) is 9.59 Å². The average Bonchev–Trinajstić information content (AvgIpc) is 3.11. The van der Waals surface area contributed by atoms with Crippen molar-refractivity contribution < 1.29 is 9.59 Å². The molecule has 0 bridgehead atoms. The van der Waals surface area contributed by atoms with Crippen molar-refractivity contribution in [3.8, 4) is 11.4 Å². The minimum atomic E-state index is -0.403. The molecule has 0 saturated heterocycles. The van der Waals surface area contributed by atoms with Crippen molar-refractivity contribution in [2.45, 2.75) is 64.0 Å². The molecule has 27 heavy (non-hydrogen) atoms. The van der Waals surface area contributed by atoms with Crippen LogP contribution in [0, 0.1) is 0 Å². The van der Waals surface area contributed by atoms with Crippen molar-refractivity contribution in [3.63, 3.8) is 0 Å². The number of aromatic nitrogens is 4. The molecule has 144 valence electrons. The van der Waals surface area contributed by atoms with Crippen LogP contribution < -0.4 is 11.1 Å². The maximum Gasteiger partial charge on any atom is 0.217 e. The Kier molecular flexibility index (Phi) is 6.16. The van der Waals surface area contributed by atoms with Gasteiger partial charge in [0.15, 0.2) is 5.82 Å². The number of amides is 2. The monoisotopic (exact) mass is 370 g/mol. The van der Waals surface area contributed by atoms with Crippen molar-refractivity contribution in [3.05, 3.63) is 30.4 Å². The van der Waals surface area contributed by atoms with Gasteiger partial charge in [-0.3, -0.25) is 14.6 Å². The van der Waals surface area contributed by atoms with E-state index in [-0.39, 0.29) is 18.4 Å². The van der Waals surface area contributed by atoms with Crippen LogP contribution in [0.15, 0.2) is 24.5 Å². The third kappa shape index (κ3) is 4.90. The van der Waals surface area contributed by atoms with Crippen LogP contribution in [0.3, 0.4) is 0 Å². The second-order valence-corrected chi connectivity index (χ2v) is 7.02. The molecule has 3 N–H and O–H groups in total. The van der Waals surface area contributed by atoms with Crippen LogP contribution in [0.25, 0.3) is 11.4 Å². The number of nitrogens with two attached hydrogens (primary N) is 1. The Morgan fingerprint density at radius 1 is 1.26 bits per heavy atom. The van der Waals surface area contributed by atoms with Gasteiger partial charge in [-0.05, 0) is 31.4 Å². The maximum atomic E-state index is 11.7. The zero-order chi connectivity index (χ0) is 19.2. The predicted molar refractivity (Wildman–Crippen MR) is 100 cm³/mol. The van der Waals surface area contributed by atoms with Gasteiger partial charge in [-0.25, -0.2) is 9.67 Å². The maximum absolute atomic E-state index is 11.7. The van der Waals surface area contributed by atoms with Crippen LogP contribution in [0.2, 0.25) is 0 Å². The minimum Gasteiger partial charge on any atom is -0.370 e. The number of pyridine rings is 1. The number of primary amides is 1. The summed E-state index contributed by atoms with van der Waals surface area (Å²) in [5.41, 5.74) is 6.20. The predicted octanol–water partition coefficient (Wildman–Crippen LogP) is 2.29. The Morgan fingerprint density at radius 3 is 2.59 bits per heavy atom. The molecular weight excluding hydrogens is 344 g/mol. The van der Waals surface area contributed by atoms with E-state index in [1.807, 2.05) is 16.8 Å². The molecule has 2 aromatic heterocycles. The van der Waals surface area contributed by atoms with E-state index in [0.29, 0.717) is 18.1 Å². The van der Waals surface area contributed by atoms with Gasteiger partial charge in [-0.15, -0.1) is 0 Å². The molecule has 1 aliphatic carbocycles. The van der Waals surface area contributed by atoms with E-state index in [0.717, 1.165) is 31.2 Å². The molecule has 1 saturated carbocycles. The summed E-state index contributed by atoms with van der Waals surface area (Å²) in [6.07, 6.45) is 9.59. The van der Waals surface area contributed by atoms with Crippen molar-refractivity contribution in [1.82, 2.24) is 25.1 Å². The number of carbonyl (C=O) groups excluding carboxylic acids is 2. The molecule has 8 nitrogen and oxygen atoms in total. The molecule has 1 aliphatic rings. The molecule has 1 atom stereocenters. The molecule has 8 heteroatoms. The summed E-state index contributed by atoms with van der Waals surface area (Å²) < 4.78 is 1.95. The summed E-state index contributed by atoms with van der Waals surface area (Å²) in [6, 6.07) is 3.57. The number of hydrogen-bond acceptors (Lipinski definition) is 5. The zero-order valence-corrected chi connectivity index (χ0v) is 15.6. The van der Waals surface area contributed by atoms with Gasteiger partial charge in [0.25, 0.3) is 0 Å². The normalized spacial score (nSPS) is 16.0. The first-order chi connectivity index (χ1) is 13.0. The molecule has 0 unspecified atom stereocenters. The Labute approximate surface area is 158 Å². The van der Waals surface area contributed by atoms with E-state index >= 15 is 0 Å². The number of carbonyl (C=O) groups is 2. The van der Waals surface area contributed by atoms with Crippen LogP contribution in [-0.4, -0.2) is 31.6 Å². The highest BCUT2D eigenvalue weighted by molar-refractivity contribution is 5.75. The first-order valence-electron chi connectivity index (χ1n) is 9.47. The molecule has 3 rings (SSSR count). The Hall–Kier alpha value is -2.77. The summed E-state index contributed by atoms with van der Waals surface area (Å²) in [7, 11) is 0. The van der Waals surface area contributed by atoms with E-state index in [4.69, 9.17) is 15.8 Å². The summed E-state index contributed by atoms with van der Waals surface area (Å²) in [5, 5.41) is 7.68. The SMILES string of the molecule is CC(=O)N[C@@H](CCC(N)=O)c1nc(-c2ccncc2)nn1C1CCCCC1. The van der Waals surface area contributed by atoms with E-state index < -0.39 is 11.9 Å². The fourth-order valence-corrected chi connectivity index (χ4v) is 3.59. The lowest BCUT2D eigenvalue weighted by molar-refractivity contribution is -0.121. The second kappa shape index (κ2) is 8.75. The highest BCUT2D eigenvalue weighted by Crippen LogP contribution is 2.32. The smallest absolute Gasteiger partial charge is 0.217 e. The third-order valence-corrected chi connectivity index (χ3v) is 4.89. The molecule has 0 radical (unpaired) electrons. The first kappa shape index (κ1) is 19.0. The molecule has 0 aliphatic heterocycles. The van der Waals surface area contributed by atoms with Gasteiger partial charge in [-0.2, -0.15) is 5.10 Å². The third-order valence-electron chi connectivity index (χ3n) is 4.89. The molecule has 2 heterocycles. The van der Waals surface area contributed by atoms with Gasteiger partial charge < -0.3 is 11.1 Å². The number of nitrogens with zero attached hydrogens (tertiary/aromatic N) is 4. The van der Waals surface area contributed by atoms with Gasteiger partial charge in [0.1, 0.15) is 5.82 Å². The van der Waals surface area contributed by atoms with Crippen LogP contribution in [0.5, 0.6) is 0 Å². The van der Waals surface area contributed by atoms with Crippen LogP contribution >= 0.6 is 0 Å². The molecule has 0 aromatic carbocycles. The topological polar surface area (TPSA) is 116 Å². The van der Waals surface area contributed by atoms with Gasteiger partial charge in [0.2, 0.25) is 11.8 Å². The lowest BCUT2D eigenvalue weighted by Gasteiger charge is -2.25. The number of rotatable bonds is 7. The van der Waals surface area contributed by atoms with Crippen molar-refractivity contribution in [2.75, 3.05) is 0 Å². The largest absolute Gasteiger partial charge is 0.370 e. The fraction of sp³-hybridized carbons (Fsp3) is 0.526. The summed E-state index contributed by atoms with van der Waals surface area (Å²) in [4.78, 5) is 31.8. The minimum absolute atomic E-state index is 0.173. The van der Waals surface area contributed by atoms with Crippen LogP contribution in [0.4, 0.5) is 0 Å². The van der Waals surface area contributed by atoms with Gasteiger partial charge in [0.05, 0.1) is 12.1 Å². The highest BCUT2D eigenvalue weighted by atomic mass is 16.1. The molecule has 2 amide bonds. The van der Waals surface area contributed by atoms with E-state index in [1.165, 1.54) is 13.3 Å². The molecule has 1 fully saturated rings. The molecular formula is C19H26N6O2. The van der Waals surface area contributed by atoms with Gasteiger partial charge in [0, 0.05) is 31.3 Å². The van der Waals surface area contributed by atoms with Crippen LogP contribution in [0.1, 0.15) is 69.8 Å².